The van der Waals surface area contributed by atoms with Crippen molar-refractivity contribution in [3.05, 3.63) is 62.6 Å². The number of benzene rings is 2. The maximum atomic E-state index is 6.12. The first-order valence-electron chi connectivity index (χ1n) is 6.50. The van der Waals surface area contributed by atoms with Gasteiger partial charge in [0.25, 0.3) is 0 Å². The summed E-state index contributed by atoms with van der Waals surface area (Å²) in [5, 5.41) is 4.14. The van der Waals surface area contributed by atoms with Crippen LogP contribution in [0.1, 0.15) is 22.7 Å². The molecule has 0 heterocycles. The third-order valence-electron chi connectivity index (χ3n) is 3.31. The minimum absolute atomic E-state index is 0.0761. The van der Waals surface area contributed by atoms with Crippen LogP contribution in [0.3, 0.4) is 0 Å². The Morgan fingerprint density at radius 2 is 1.95 bits per heavy atom. The van der Waals surface area contributed by atoms with Gasteiger partial charge in [-0.2, -0.15) is 0 Å². The van der Waals surface area contributed by atoms with Crippen molar-refractivity contribution < 1.29 is 0 Å². The summed E-state index contributed by atoms with van der Waals surface area (Å²) in [4.78, 5) is 0. The number of hydrogen-bond acceptors (Lipinski definition) is 2. The van der Waals surface area contributed by atoms with Crippen LogP contribution in [0, 0.1) is 13.8 Å². The second kappa shape index (κ2) is 6.61. The van der Waals surface area contributed by atoms with E-state index in [0.717, 1.165) is 10.2 Å². The monoisotopic (exact) mass is 352 g/mol. The number of nitrogens with one attached hydrogen (secondary N) is 1. The Bertz CT molecular complexity index is 613. The van der Waals surface area contributed by atoms with Crippen molar-refractivity contribution in [3.8, 4) is 0 Å². The number of anilines is 1. The molecule has 2 rings (SSSR count). The fourth-order valence-electron chi connectivity index (χ4n) is 2.19. The summed E-state index contributed by atoms with van der Waals surface area (Å²) in [5.74, 6) is 0. The van der Waals surface area contributed by atoms with Gasteiger partial charge < -0.3 is 11.1 Å². The third kappa shape index (κ3) is 3.54. The lowest BCUT2D eigenvalue weighted by atomic mass is 9.98. The molecule has 0 bridgehead atoms. The molecule has 1 unspecified atom stereocenters. The Hall–Kier alpha value is -1.03. The maximum absolute atomic E-state index is 6.12. The number of rotatable bonds is 4. The Morgan fingerprint density at radius 3 is 2.60 bits per heavy atom. The van der Waals surface area contributed by atoms with Crippen molar-refractivity contribution in [2.45, 2.75) is 19.9 Å². The van der Waals surface area contributed by atoms with E-state index in [0.29, 0.717) is 11.6 Å². The molecule has 2 nitrogen and oxygen atoms in total. The van der Waals surface area contributed by atoms with Crippen LogP contribution in [0.5, 0.6) is 0 Å². The molecule has 2 aromatic carbocycles. The van der Waals surface area contributed by atoms with Crippen LogP contribution in [-0.4, -0.2) is 6.54 Å². The summed E-state index contributed by atoms with van der Waals surface area (Å²) in [6.45, 7) is 4.72. The van der Waals surface area contributed by atoms with Gasteiger partial charge in [0.1, 0.15) is 0 Å². The van der Waals surface area contributed by atoms with E-state index in [1.807, 2.05) is 18.2 Å². The zero-order valence-electron chi connectivity index (χ0n) is 11.6. The van der Waals surface area contributed by atoms with Crippen LogP contribution in [0.4, 0.5) is 5.69 Å². The van der Waals surface area contributed by atoms with E-state index >= 15 is 0 Å². The van der Waals surface area contributed by atoms with Gasteiger partial charge in [0, 0.05) is 16.7 Å². The van der Waals surface area contributed by atoms with Crippen LogP contribution >= 0.6 is 27.5 Å². The normalized spacial score (nSPS) is 12.2. The SMILES string of the molecule is Cc1ccc(C)c(C(CN)Nc2ccc(Br)c(Cl)c2)c1. The highest BCUT2D eigenvalue weighted by molar-refractivity contribution is 9.10. The molecule has 106 valence electrons. The molecule has 2 aromatic rings. The lowest BCUT2D eigenvalue weighted by Gasteiger charge is -2.21. The molecule has 1 atom stereocenters. The minimum Gasteiger partial charge on any atom is -0.377 e. The second-order valence-corrected chi connectivity index (χ2v) is 6.18. The van der Waals surface area contributed by atoms with Crippen LogP contribution in [0.2, 0.25) is 5.02 Å². The summed E-state index contributed by atoms with van der Waals surface area (Å²) < 4.78 is 0.890. The summed E-state index contributed by atoms with van der Waals surface area (Å²) >= 11 is 9.52. The van der Waals surface area contributed by atoms with E-state index in [9.17, 15) is 0 Å². The Kier molecular flexibility index (Phi) is 5.08. The average molecular weight is 354 g/mol. The van der Waals surface area contributed by atoms with Gasteiger partial charge in [-0.1, -0.05) is 35.4 Å². The largest absolute Gasteiger partial charge is 0.377 e. The van der Waals surface area contributed by atoms with Gasteiger partial charge in [-0.05, 0) is 59.1 Å². The number of hydrogen-bond donors (Lipinski definition) is 2. The summed E-state index contributed by atoms with van der Waals surface area (Å²) in [6, 6.07) is 12.3. The molecular weight excluding hydrogens is 336 g/mol. The van der Waals surface area contributed by atoms with Gasteiger partial charge in [-0.3, -0.25) is 0 Å². The lowest BCUT2D eigenvalue weighted by molar-refractivity contribution is 0.782. The molecule has 0 amide bonds. The van der Waals surface area contributed by atoms with Gasteiger partial charge in [-0.25, -0.2) is 0 Å². The van der Waals surface area contributed by atoms with Crippen molar-refractivity contribution in [3.63, 3.8) is 0 Å². The van der Waals surface area contributed by atoms with E-state index in [4.69, 9.17) is 17.3 Å². The zero-order valence-corrected chi connectivity index (χ0v) is 13.9. The molecule has 0 aliphatic heterocycles. The van der Waals surface area contributed by atoms with E-state index in [1.165, 1.54) is 16.7 Å². The molecule has 0 fully saturated rings. The van der Waals surface area contributed by atoms with Gasteiger partial charge in [0.2, 0.25) is 0 Å². The Morgan fingerprint density at radius 1 is 1.20 bits per heavy atom. The molecule has 0 saturated carbocycles. The van der Waals surface area contributed by atoms with Crippen LogP contribution in [0.25, 0.3) is 0 Å². The van der Waals surface area contributed by atoms with Gasteiger partial charge >= 0.3 is 0 Å². The highest BCUT2D eigenvalue weighted by Gasteiger charge is 2.12. The quantitative estimate of drug-likeness (QED) is 0.826. The Labute approximate surface area is 133 Å². The molecule has 0 radical (unpaired) electrons. The zero-order chi connectivity index (χ0) is 14.7. The van der Waals surface area contributed by atoms with Crippen molar-refractivity contribution in [1.82, 2.24) is 0 Å². The minimum atomic E-state index is 0.0761. The first kappa shape index (κ1) is 15.4. The average Bonchev–Trinajstić information content (AvgIpc) is 2.43. The maximum Gasteiger partial charge on any atom is 0.0638 e. The van der Waals surface area contributed by atoms with E-state index < -0.39 is 0 Å². The highest BCUT2D eigenvalue weighted by atomic mass is 79.9. The molecule has 4 heteroatoms. The number of aryl methyl sites for hydroxylation is 2. The molecule has 0 aromatic heterocycles. The van der Waals surface area contributed by atoms with E-state index in [1.54, 1.807) is 0 Å². The molecule has 0 aliphatic carbocycles. The Balaban J connectivity index is 2.28. The molecule has 3 N–H and O–H groups in total. The second-order valence-electron chi connectivity index (χ2n) is 4.92. The fraction of sp³-hybridized carbons (Fsp3) is 0.250. The summed E-state index contributed by atoms with van der Waals surface area (Å²) in [5.41, 5.74) is 10.6. The van der Waals surface area contributed by atoms with Crippen molar-refractivity contribution >= 4 is 33.2 Å². The summed E-state index contributed by atoms with van der Waals surface area (Å²) in [7, 11) is 0. The van der Waals surface area contributed by atoms with Gasteiger partial charge in [0.15, 0.2) is 0 Å². The summed E-state index contributed by atoms with van der Waals surface area (Å²) in [6.07, 6.45) is 0. The molecule has 20 heavy (non-hydrogen) atoms. The van der Waals surface area contributed by atoms with Crippen LogP contribution < -0.4 is 11.1 Å². The highest BCUT2D eigenvalue weighted by Crippen LogP contribution is 2.28. The van der Waals surface area contributed by atoms with E-state index in [-0.39, 0.29) is 6.04 Å². The number of halogens is 2. The molecule has 0 saturated heterocycles. The smallest absolute Gasteiger partial charge is 0.0638 e. The molecule has 0 spiro atoms. The number of nitrogens with two attached hydrogens (primary N) is 1. The van der Waals surface area contributed by atoms with Crippen LogP contribution in [-0.2, 0) is 0 Å². The standard InChI is InChI=1S/C16H18BrClN2/c1-10-3-4-11(2)13(7-10)16(9-19)20-12-5-6-14(17)15(18)8-12/h3-8,16,20H,9,19H2,1-2H3. The topological polar surface area (TPSA) is 38.0 Å². The molecular formula is C16H18BrClN2. The van der Waals surface area contributed by atoms with Gasteiger partial charge in [-0.15, -0.1) is 0 Å². The van der Waals surface area contributed by atoms with Crippen molar-refractivity contribution in [2.75, 3.05) is 11.9 Å². The fourth-order valence-corrected chi connectivity index (χ4v) is 2.61. The van der Waals surface area contributed by atoms with Crippen molar-refractivity contribution in [1.29, 1.82) is 0 Å². The third-order valence-corrected chi connectivity index (χ3v) is 4.54. The van der Waals surface area contributed by atoms with E-state index in [2.05, 4.69) is 53.3 Å². The first-order valence-corrected chi connectivity index (χ1v) is 7.67. The van der Waals surface area contributed by atoms with Crippen LogP contribution in [0.15, 0.2) is 40.9 Å². The van der Waals surface area contributed by atoms with Gasteiger partial charge in [0.05, 0.1) is 11.1 Å². The van der Waals surface area contributed by atoms with Crippen molar-refractivity contribution in [2.24, 2.45) is 5.73 Å². The predicted molar refractivity (Wildman–Crippen MR) is 90.5 cm³/mol. The lowest BCUT2D eigenvalue weighted by Crippen LogP contribution is -2.21. The first-order chi connectivity index (χ1) is 9.51. The predicted octanol–water partition coefficient (Wildman–Crippen LogP) is 4.83. The molecule has 0 aliphatic rings.